The zero-order valence-electron chi connectivity index (χ0n) is 7.90. The molecule has 0 spiro atoms. The Morgan fingerprint density at radius 3 is 2.07 bits per heavy atom. The predicted octanol–water partition coefficient (Wildman–Crippen LogP) is 1.07. The molecule has 0 aromatic heterocycles. The summed E-state index contributed by atoms with van der Waals surface area (Å²) < 4.78 is 22.3. The zero-order valence-corrected chi connectivity index (χ0v) is 8.71. The second-order valence-corrected chi connectivity index (χ2v) is 5.84. The van der Waals surface area contributed by atoms with Crippen molar-refractivity contribution < 1.29 is 13.5 Å². The first-order valence-electron chi connectivity index (χ1n) is 4.45. The number of hydrogen-bond acceptors (Lipinski definition) is 3. The van der Waals surface area contributed by atoms with Crippen LogP contribution in [0.1, 0.15) is 18.4 Å². The van der Waals surface area contributed by atoms with Crippen LogP contribution in [0.5, 0.6) is 0 Å². The van der Waals surface area contributed by atoms with Crippen molar-refractivity contribution in [3.8, 4) is 0 Å². The molecule has 0 unspecified atom stereocenters. The Morgan fingerprint density at radius 1 is 1.21 bits per heavy atom. The van der Waals surface area contributed by atoms with Crippen LogP contribution >= 0.6 is 0 Å². The lowest BCUT2D eigenvalue weighted by atomic mass is 10.1. The van der Waals surface area contributed by atoms with Crippen LogP contribution in [0.25, 0.3) is 0 Å². The van der Waals surface area contributed by atoms with Gasteiger partial charge in [-0.2, -0.15) is 0 Å². The third-order valence-corrected chi connectivity index (χ3v) is 3.67. The van der Waals surface area contributed by atoms with Crippen LogP contribution in [0, 0.1) is 0 Å². The van der Waals surface area contributed by atoms with Gasteiger partial charge < -0.3 is 5.11 Å². The van der Waals surface area contributed by atoms with Crippen molar-refractivity contribution in [2.75, 3.05) is 6.26 Å². The van der Waals surface area contributed by atoms with Crippen molar-refractivity contribution in [3.63, 3.8) is 0 Å². The molecule has 1 saturated carbocycles. The third kappa shape index (κ3) is 1.67. The van der Waals surface area contributed by atoms with Gasteiger partial charge in [0.05, 0.1) is 10.5 Å². The van der Waals surface area contributed by atoms with Gasteiger partial charge in [-0.1, -0.05) is 12.1 Å². The summed E-state index contributed by atoms with van der Waals surface area (Å²) in [6.07, 6.45) is 2.71. The van der Waals surface area contributed by atoms with E-state index in [-0.39, 0.29) is 0 Å². The third-order valence-electron chi connectivity index (χ3n) is 2.54. The van der Waals surface area contributed by atoms with E-state index in [2.05, 4.69) is 0 Å². The van der Waals surface area contributed by atoms with Gasteiger partial charge in [-0.05, 0) is 30.5 Å². The van der Waals surface area contributed by atoms with Crippen LogP contribution in [0.2, 0.25) is 0 Å². The first kappa shape index (κ1) is 9.68. The van der Waals surface area contributed by atoms with Gasteiger partial charge in [0, 0.05) is 6.26 Å². The Balaban J connectivity index is 2.36. The van der Waals surface area contributed by atoms with Gasteiger partial charge in [-0.25, -0.2) is 8.42 Å². The maximum atomic E-state index is 11.1. The van der Waals surface area contributed by atoms with Gasteiger partial charge in [0.25, 0.3) is 0 Å². The van der Waals surface area contributed by atoms with Gasteiger partial charge in [0.1, 0.15) is 0 Å². The number of benzene rings is 1. The Kier molecular flexibility index (Phi) is 1.94. The van der Waals surface area contributed by atoms with Crippen LogP contribution in [-0.4, -0.2) is 19.8 Å². The van der Waals surface area contributed by atoms with Crippen molar-refractivity contribution in [2.24, 2.45) is 0 Å². The van der Waals surface area contributed by atoms with Gasteiger partial charge in [0.15, 0.2) is 9.84 Å². The minimum Gasteiger partial charge on any atom is -0.385 e. The monoisotopic (exact) mass is 212 g/mol. The van der Waals surface area contributed by atoms with E-state index < -0.39 is 15.4 Å². The molecule has 1 aliphatic carbocycles. The molecule has 0 aliphatic heterocycles. The van der Waals surface area contributed by atoms with E-state index in [0.717, 1.165) is 18.4 Å². The molecule has 2 rings (SSSR count). The minimum absolute atomic E-state index is 0.297. The molecule has 0 atom stereocenters. The van der Waals surface area contributed by atoms with E-state index >= 15 is 0 Å². The molecule has 14 heavy (non-hydrogen) atoms. The topological polar surface area (TPSA) is 54.4 Å². The zero-order chi connectivity index (χ0) is 10.4. The highest BCUT2D eigenvalue weighted by atomic mass is 32.2. The fraction of sp³-hybridized carbons (Fsp3) is 0.400. The summed E-state index contributed by atoms with van der Waals surface area (Å²) in [6, 6.07) is 6.45. The van der Waals surface area contributed by atoms with E-state index in [1.807, 2.05) is 0 Å². The van der Waals surface area contributed by atoms with Crippen molar-refractivity contribution >= 4 is 9.84 Å². The normalized spacial score (nSPS) is 19.3. The van der Waals surface area contributed by atoms with E-state index in [1.54, 1.807) is 24.3 Å². The molecule has 0 heterocycles. The molecular formula is C10H12O3S. The fourth-order valence-electron chi connectivity index (χ4n) is 1.42. The molecule has 76 valence electrons. The van der Waals surface area contributed by atoms with Gasteiger partial charge in [0.2, 0.25) is 0 Å². The van der Waals surface area contributed by atoms with Crippen molar-refractivity contribution in [2.45, 2.75) is 23.3 Å². The number of hydrogen-bond donors (Lipinski definition) is 1. The SMILES string of the molecule is CS(=O)(=O)c1ccc(C2(O)CC2)cc1. The molecule has 0 radical (unpaired) electrons. The molecule has 0 amide bonds. The first-order valence-corrected chi connectivity index (χ1v) is 6.34. The highest BCUT2D eigenvalue weighted by molar-refractivity contribution is 7.90. The number of sulfone groups is 1. The molecule has 1 aromatic rings. The fourth-order valence-corrected chi connectivity index (χ4v) is 2.05. The second-order valence-electron chi connectivity index (χ2n) is 3.83. The summed E-state index contributed by atoms with van der Waals surface area (Å²) in [7, 11) is -3.13. The van der Waals surface area contributed by atoms with Crippen molar-refractivity contribution in [1.29, 1.82) is 0 Å². The maximum Gasteiger partial charge on any atom is 0.175 e. The molecular weight excluding hydrogens is 200 g/mol. The summed E-state index contributed by atoms with van der Waals surface area (Å²) in [6.45, 7) is 0. The minimum atomic E-state index is -3.13. The predicted molar refractivity (Wildman–Crippen MR) is 52.7 cm³/mol. The molecule has 0 bridgehead atoms. The van der Waals surface area contributed by atoms with E-state index in [0.29, 0.717) is 4.90 Å². The molecule has 1 fully saturated rings. The Labute approximate surface area is 83.3 Å². The number of aliphatic hydroxyl groups is 1. The second kappa shape index (κ2) is 2.81. The lowest BCUT2D eigenvalue weighted by Gasteiger charge is -2.07. The van der Waals surface area contributed by atoms with Crippen LogP contribution in [0.4, 0.5) is 0 Å². The Hall–Kier alpha value is -0.870. The van der Waals surface area contributed by atoms with Crippen LogP contribution in [-0.2, 0) is 15.4 Å². The number of rotatable bonds is 2. The summed E-state index contributed by atoms with van der Waals surface area (Å²) >= 11 is 0. The summed E-state index contributed by atoms with van der Waals surface area (Å²) in [5, 5.41) is 9.74. The van der Waals surface area contributed by atoms with E-state index in [1.165, 1.54) is 6.26 Å². The summed E-state index contributed by atoms with van der Waals surface area (Å²) in [4.78, 5) is 0.297. The van der Waals surface area contributed by atoms with E-state index in [9.17, 15) is 13.5 Å². The molecule has 0 saturated heterocycles. The lowest BCUT2D eigenvalue weighted by Crippen LogP contribution is -2.04. The largest absolute Gasteiger partial charge is 0.385 e. The molecule has 1 N–H and O–H groups in total. The highest BCUT2D eigenvalue weighted by Crippen LogP contribution is 2.45. The lowest BCUT2D eigenvalue weighted by molar-refractivity contribution is 0.151. The summed E-state index contributed by atoms with van der Waals surface area (Å²) in [5.74, 6) is 0. The molecule has 1 aliphatic rings. The van der Waals surface area contributed by atoms with Crippen molar-refractivity contribution in [1.82, 2.24) is 0 Å². The molecule has 4 heteroatoms. The average Bonchev–Trinajstić information content (AvgIpc) is 2.84. The van der Waals surface area contributed by atoms with Gasteiger partial charge in [-0.15, -0.1) is 0 Å². The maximum absolute atomic E-state index is 11.1. The Morgan fingerprint density at radius 2 is 1.71 bits per heavy atom. The van der Waals surface area contributed by atoms with Crippen LogP contribution in [0.15, 0.2) is 29.2 Å². The smallest absolute Gasteiger partial charge is 0.175 e. The first-order chi connectivity index (χ1) is 6.42. The van der Waals surface area contributed by atoms with Crippen molar-refractivity contribution in [3.05, 3.63) is 29.8 Å². The van der Waals surface area contributed by atoms with Gasteiger partial charge >= 0.3 is 0 Å². The quantitative estimate of drug-likeness (QED) is 0.797. The molecule has 1 aromatic carbocycles. The highest BCUT2D eigenvalue weighted by Gasteiger charge is 2.41. The summed E-state index contributed by atoms with van der Waals surface area (Å²) in [5.41, 5.74) is 0.126. The standard InChI is InChI=1S/C10H12O3S/c1-14(12,13)9-4-2-8(3-5-9)10(11)6-7-10/h2-5,11H,6-7H2,1H3. The van der Waals surface area contributed by atoms with E-state index in [4.69, 9.17) is 0 Å². The van der Waals surface area contributed by atoms with Gasteiger partial charge in [-0.3, -0.25) is 0 Å². The average molecular weight is 212 g/mol. The van der Waals surface area contributed by atoms with Crippen LogP contribution in [0.3, 0.4) is 0 Å². The van der Waals surface area contributed by atoms with Crippen LogP contribution < -0.4 is 0 Å². The Bertz CT molecular complexity index is 441. The molecule has 3 nitrogen and oxygen atoms in total.